The van der Waals surface area contributed by atoms with Gasteiger partial charge < -0.3 is 15.2 Å². The van der Waals surface area contributed by atoms with Gasteiger partial charge in [0.1, 0.15) is 12.4 Å². The summed E-state index contributed by atoms with van der Waals surface area (Å²) in [5, 5.41) is 16.3. The molecule has 1 aromatic heterocycles. The van der Waals surface area contributed by atoms with Gasteiger partial charge in [-0.1, -0.05) is 0 Å². The predicted molar refractivity (Wildman–Crippen MR) is 79.8 cm³/mol. The van der Waals surface area contributed by atoms with Gasteiger partial charge in [0, 0.05) is 6.54 Å². The molecule has 0 radical (unpaired) electrons. The number of nitrogens with one attached hydrogen (secondary N) is 1. The second kappa shape index (κ2) is 7.67. The number of benzene rings is 1. The first-order valence-electron chi connectivity index (χ1n) is 6.43. The Morgan fingerprint density at radius 2 is 2.00 bits per heavy atom. The molecule has 0 aliphatic carbocycles. The van der Waals surface area contributed by atoms with Crippen LogP contribution in [0.25, 0.3) is 0 Å². The molecule has 0 spiro atoms. The fourth-order valence-corrected chi connectivity index (χ4v) is 2.43. The summed E-state index contributed by atoms with van der Waals surface area (Å²) in [5.74, 6) is -0.235. The highest BCUT2D eigenvalue weighted by Crippen LogP contribution is 2.11. The van der Waals surface area contributed by atoms with Crippen molar-refractivity contribution in [2.45, 2.75) is 6.42 Å². The Balaban J connectivity index is 1.59. The van der Waals surface area contributed by atoms with Gasteiger partial charge in [0.25, 0.3) is 0 Å². The van der Waals surface area contributed by atoms with E-state index in [2.05, 4.69) is 22.1 Å². The lowest BCUT2D eigenvalue weighted by molar-refractivity contribution is 0.0697. The quantitative estimate of drug-likeness (QED) is 0.734. The molecule has 0 amide bonds. The number of carbonyl (C=O) groups is 1. The summed E-state index contributed by atoms with van der Waals surface area (Å²) < 4.78 is 5.52. The van der Waals surface area contributed by atoms with Gasteiger partial charge in [-0.15, -0.1) is 0 Å². The van der Waals surface area contributed by atoms with Gasteiger partial charge >= 0.3 is 5.97 Å². The molecule has 4 nitrogen and oxygen atoms in total. The molecular formula is C15H17NO3S. The van der Waals surface area contributed by atoms with Gasteiger partial charge in [-0.05, 0) is 59.6 Å². The van der Waals surface area contributed by atoms with Crippen LogP contribution in [0.2, 0.25) is 0 Å². The van der Waals surface area contributed by atoms with Crippen LogP contribution in [-0.4, -0.2) is 30.8 Å². The highest BCUT2D eigenvalue weighted by atomic mass is 32.1. The van der Waals surface area contributed by atoms with Crippen molar-refractivity contribution in [3.05, 3.63) is 52.2 Å². The average Bonchev–Trinajstić information content (AvgIpc) is 2.96. The minimum absolute atomic E-state index is 0.270. The van der Waals surface area contributed by atoms with E-state index in [1.54, 1.807) is 35.6 Å². The van der Waals surface area contributed by atoms with Crippen molar-refractivity contribution >= 4 is 17.3 Å². The number of carboxylic acid groups (broad SMARTS) is 1. The molecule has 1 aromatic carbocycles. The van der Waals surface area contributed by atoms with Crippen molar-refractivity contribution in [3.63, 3.8) is 0 Å². The van der Waals surface area contributed by atoms with Gasteiger partial charge in [0.05, 0.1) is 5.56 Å². The van der Waals surface area contributed by atoms with Crippen molar-refractivity contribution in [2.75, 3.05) is 19.7 Å². The molecule has 2 rings (SSSR count). The first kappa shape index (κ1) is 14.6. The summed E-state index contributed by atoms with van der Waals surface area (Å²) in [7, 11) is 0. The number of rotatable bonds is 8. The number of hydrogen-bond acceptors (Lipinski definition) is 4. The van der Waals surface area contributed by atoms with E-state index in [0.717, 1.165) is 19.5 Å². The van der Waals surface area contributed by atoms with Gasteiger partial charge in [-0.3, -0.25) is 0 Å². The Morgan fingerprint density at radius 1 is 1.20 bits per heavy atom. The van der Waals surface area contributed by atoms with Crippen molar-refractivity contribution < 1.29 is 14.6 Å². The largest absolute Gasteiger partial charge is 0.492 e. The maximum atomic E-state index is 10.7. The number of carboxylic acids is 1. The second-order valence-electron chi connectivity index (χ2n) is 4.31. The zero-order valence-corrected chi connectivity index (χ0v) is 11.9. The van der Waals surface area contributed by atoms with Crippen LogP contribution < -0.4 is 10.1 Å². The summed E-state index contributed by atoms with van der Waals surface area (Å²) in [5.41, 5.74) is 1.62. The first-order valence-corrected chi connectivity index (χ1v) is 7.38. The molecular weight excluding hydrogens is 274 g/mol. The van der Waals surface area contributed by atoms with E-state index < -0.39 is 5.97 Å². The molecule has 0 fully saturated rings. The minimum Gasteiger partial charge on any atom is -0.492 e. The van der Waals surface area contributed by atoms with E-state index in [9.17, 15) is 4.79 Å². The van der Waals surface area contributed by atoms with Crippen LogP contribution in [0.4, 0.5) is 0 Å². The van der Waals surface area contributed by atoms with E-state index in [1.165, 1.54) is 5.56 Å². The molecule has 106 valence electrons. The van der Waals surface area contributed by atoms with Gasteiger partial charge in [-0.2, -0.15) is 11.3 Å². The lowest BCUT2D eigenvalue weighted by Gasteiger charge is -2.07. The predicted octanol–water partition coefficient (Wildman–Crippen LogP) is 2.66. The van der Waals surface area contributed by atoms with Crippen molar-refractivity contribution in [1.82, 2.24) is 5.32 Å². The van der Waals surface area contributed by atoms with Crippen LogP contribution in [-0.2, 0) is 6.42 Å². The zero-order chi connectivity index (χ0) is 14.2. The van der Waals surface area contributed by atoms with Crippen molar-refractivity contribution in [3.8, 4) is 5.75 Å². The molecule has 0 atom stereocenters. The third-order valence-corrected chi connectivity index (χ3v) is 3.55. The van der Waals surface area contributed by atoms with E-state index in [0.29, 0.717) is 12.4 Å². The lowest BCUT2D eigenvalue weighted by Crippen LogP contribution is -2.23. The standard InChI is InChI=1S/C15H17NO3S/c17-15(18)13-1-3-14(4-2-13)19-9-8-16-7-5-12-6-10-20-11-12/h1-4,6,10-11,16H,5,7-9H2,(H,17,18). The highest BCUT2D eigenvalue weighted by molar-refractivity contribution is 7.07. The Bertz CT molecular complexity index is 523. The number of aromatic carboxylic acids is 1. The first-order chi connectivity index (χ1) is 9.75. The Hall–Kier alpha value is -1.85. The SMILES string of the molecule is O=C(O)c1ccc(OCCNCCc2ccsc2)cc1. The van der Waals surface area contributed by atoms with Crippen LogP contribution in [0.5, 0.6) is 5.75 Å². The molecule has 5 heteroatoms. The highest BCUT2D eigenvalue weighted by Gasteiger charge is 2.01. The fraction of sp³-hybridized carbons (Fsp3) is 0.267. The Labute approximate surface area is 122 Å². The van der Waals surface area contributed by atoms with Crippen LogP contribution in [0.3, 0.4) is 0 Å². The summed E-state index contributed by atoms with van der Waals surface area (Å²) in [6, 6.07) is 8.57. The second-order valence-corrected chi connectivity index (χ2v) is 5.09. The number of thiophene rings is 1. The molecule has 0 aliphatic rings. The Kier molecular flexibility index (Phi) is 5.58. The third-order valence-electron chi connectivity index (χ3n) is 2.82. The van der Waals surface area contributed by atoms with Crippen LogP contribution in [0, 0.1) is 0 Å². The van der Waals surface area contributed by atoms with E-state index in [-0.39, 0.29) is 5.56 Å². The summed E-state index contributed by atoms with van der Waals surface area (Å²) in [6.07, 6.45) is 1.02. The monoisotopic (exact) mass is 291 g/mol. The number of hydrogen-bond donors (Lipinski definition) is 2. The Morgan fingerprint density at radius 3 is 2.65 bits per heavy atom. The molecule has 0 saturated heterocycles. The summed E-state index contributed by atoms with van der Waals surface area (Å²) >= 11 is 1.71. The van der Waals surface area contributed by atoms with Crippen LogP contribution in [0.1, 0.15) is 15.9 Å². The van der Waals surface area contributed by atoms with Crippen molar-refractivity contribution in [2.24, 2.45) is 0 Å². The van der Waals surface area contributed by atoms with E-state index in [4.69, 9.17) is 9.84 Å². The zero-order valence-electron chi connectivity index (χ0n) is 11.0. The number of ether oxygens (including phenoxy) is 1. The third kappa shape index (κ3) is 4.68. The maximum Gasteiger partial charge on any atom is 0.335 e. The topological polar surface area (TPSA) is 58.6 Å². The maximum absolute atomic E-state index is 10.7. The molecule has 2 N–H and O–H groups in total. The van der Waals surface area contributed by atoms with E-state index in [1.807, 2.05) is 0 Å². The molecule has 0 unspecified atom stereocenters. The minimum atomic E-state index is -0.924. The van der Waals surface area contributed by atoms with Gasteiger partial charge in [0.2, 0.25) is 0 Å². The van der Waals surface area contributed by atoms with Crippen LogP contribution in [0.15, 0.2) is 41.1 Å². The molecule has 2 aromatic rings. The summed E-state index contributed by atoms with van der Waals surface area (Å²) in [6.45, 7) is 2.26. The van der Waals surface area contributed by atoms with Gasteiger partial charge in [-0.25, -0.2) is 4.79 Å². The van der Waals surface area contributed by atoms with Crippen LogP contribution >= 0.6 is 11.3 Å². The molecule has 20 heavy (non-hydrogen) atoms. The average molecular weight is 291 g/mol. The lowest BCUT2D eigenvalue weighted by atomic mass is 10.2. The van der Waals surface area contributed by atoms with E-state index >= 15 is 0 Å². The van der Waals surface area contributed by atoms with Crippen molar-refractivity contribution in [1.29, 1.82) is 0 Å². The fourth-order valence-electron chi connectivity index (χ4n) is 1.73. The van der Waals surface area contributed by atoms with Gasteiger partial charge in [0.15, 0.2) is 0 Å². The summed E-state index contributed by atoms with van der Waals surface area (Å²) in [4.78, 5) is 10.7. The smallest absolute Gasteiger partial charge is 0.335 e. The molecule has 0 aliphatic heterocycles. The molecule has 1 heterocycles. The molecule has 0 saturated carbocycles. The normalized spacial score (nSPS) is 10.4. The molecule has 0 bridgehead atoms.